The van der Waals surface area contributed by atoms with E-state index in [0.717, 1.165) is 12.0 Å². The summed E-state index contributed by atoms with van der Waals surface area (Å²) >= 11 is 1.20. The van der Waals surface area contributed by atoms with E-state index in [1.807, 2.05) is 20.8 Å². The van der Waals surface area contributed by atoms with E-state index in [-0.39, 0.29) is 0 Å². The van der Waals surface area contributed by atoms with Crippen LogP contribution in [0.3, 0.4) is 0 Å². The zero-order chi connectivity index (χ0) is 12.4. The van der Waals surface area contributed by atoms with Crippen LogP contribution in [0.2, 0.25) is 0 Å². The lowest BCUT2D eigenvalue weighted by molar-refractivity contribution is 0.440. The van der Waals surface area contributed by atoms with Gasteiger partial charge in [0.05, 0.1) is 0 Å². The average Bonchev–Trinajstić information content (AvgIpc) is 2.65. The Kier molecular flexibility index (Phi) is 4.12. The molecule has 0 saturated heterocycles. The highest BCUT2D eigenvalue weighted by atomic mass is 32.2. The molecule has 0 aromatic carbocycles. The Labute approximate surface area is 101 Å². The van der Waals surface area contributed by atoms with Gasteiger partial charge in [-0.3, -0.25) is 0 Å². The first-order valence-corrected chi connectivity index (χ1v) is 7.48. The number of hydrogen-bond acceptors (Lipinski definition) is 4. The van der Waals surface area contributed by atoms with Crippen LogP contribution in [0.25, 0.3) is 0 Å². The molecule has 0 fully saturated rings. The minimum Gasteiger partial charge on any atom is -0.326 e. The van der Waals surface area contributed by atoms with Crippen LogP contribution in [0, 0.1) is 0 Å². The first-order valence-electron chi connectivity index (χ1n) is 5.12. The number of hydrogen-bond donors (Lipinski definition) is 2. The fraction of sp³-hybridized carbons (Fsp3) is 0.600. The van der Waals surface area contributed by atoms with E-state index >= 15 is 0 Å². The fourth-order valence-corrected chi connectivity index (χ4v) is 3.79. The van der Waals surface area contributed by atoms with E-state index in [4.69, 9.17) is 5.73 Å². The largest absolute Gasteiger partial charge is 0.326 e. The van der Waals surface area contributed by atoms with Crippen molar-refractivity contribution in [2.24, 2.45) is 5.73 Å². The minimum absolute atomic E-state index is 0.328. The Hall–Kier alpha value is -0.430. The molecule has 1 heterocycles. The van der Waals surface area contributed by atoms with Crippen molar-refractivity contribution in [2.75, 3.05) is 0 Å². The van der Waals surface area contributed by atoms with Crippen LogP contribution < -0.4 is 10.5 Å². The normalized spacial score (nSPS) is 13.0. The summed E-state index contributed by atoms with van der Waals surface area (Å²) in [6, 6.07) is 1.62. The van der Waals surface area contributed by atoms with Crippen LogP contribution in [0.1, 0.15) is 32.8 Å². The highest BCUT2D eigenvalue weighted by Gasteiger charge is 2.25. The molecule has 1 rings (SSSR count). The molecule has 0 spiro atoms. The molecule has 16 heavy (non-hydrogen) atoms. The summed E-state index contributed by atoms with van der Waals surface area (Å²) in [5.74, 6) is 0. The Morgan fingerprint density at radius 3 is 2.56 bits per heavy atom. The number of rotatable bonds is 5. The van der Waals surface area contributed by atoms with Crippen LogP contribution in [0.15, 0.2) is 15.7 Å². The Morgan fingerprint density at radius 2 is 2.12 bits per heavy atom. The molecular formula is C10H18N2O2S2. The maximum absolute atomic E-state index is 12.0. The second kappa shape index (κ2) is 4.83. The maximum atomic E-state index is 12.0. The topological polar surface area (TPSA) is 72.2 Å². The smallest absolute Gasteiger partial charge is 0.250 e. The molecule has 6 heteroatoms. The monoisotopic (exact) mass is 262 g/mol. The van der Waals surface area contributed by atoms with E-state index in [1.165, 1.54) is 11.3 Å². The standard InChI is InChI=1S/C10H18N2O2S2/c1-4-10(2,3)12-16(13,14)9-5-8(6-11)7-15-9/h5,7,12H,4,6,11H2,1-3H3. The van der Waals surface area contributed by atoms with Gasteiger partial charge in [-0.15, -0.1) is 11.3 Å². The summed E-state index contributed by atoms with van der Waals surface area (Å²) in [6.07, 6.45) is 0.737. The van der Waals surface area contributed by atoms with Crippen molar-refractivity contribution in [2.45, 2.75) is 43.5 Å². The lowest BCUT2D eigenvalue weighted by Crippen LogP contribution is -2.42. The minimum atomic E-state index is -3.41. The van der Waals surface area contributed by atoms with Gasteiger partial charge in [-0.1, -0.05) is 6.92 Å². The quantitative estimate of drug-likeness (QED) is 0.848. The Balaban J connectivity index is 2.94. The van der Waals surface area contributed by atoms with Gasteiger partial charge in [0.2, 0.25) is 0 Å². The molecule has 1 aromatic heterocycles. The SMILES string of the molecule is CCC(C)(C)NS(=O)(=O)c1cc(CN)cs1. The molecule has 0 aliphatic carbocycles. The molecule has 1 aromatic rings. The van der Waals surface area contributed by atoms with E-state index in [2.05, 4.69) is 4.72 Å². The predicted octanol–water partition coefficient (Wildman–Crippen LogP) is 1.67. The van der Waals surface area contributed by atoms with Gasteiger partial charge in [0.15, 0.2) is 0 Å². The van der Waals surface area contributed by atoms with Crippen LogP contribution >= 0.6 is 11.3 Å². The molecule has 0 bridgehead atoms. The maximum Gasteiger partial charge on any atom is 0.250 e. The molecule has 3 N–H and O–H groups in total. The van der Waals surface area contributed by atoms with Gasteiger partial charge in [-0.2, -0.15) is 0 Å². The van der Waals surface area contributed by atoms with Crippen molar-refractivity contribution < 1.29 is 8.42 Å². The summed E-state index contributed by atoms with van der Waals surface area (Å²) in [5, 5.41) is 1.77. The number of nitrogens with two attached hydrogens (primary N) is 1. The molecule has 0 saturated carbocycles. The second-order valence-electron chi connectivity index (χ2n) is 4.32. The first-order chi connectivity index (χ1) is 7.30. The Bertz CT molecular complexity index is 449. The van der Waals surface area contributed by atoms with Gasteiger partial charge in [0.25, 0.3) is 10.0 Å². The van der Waals surface area contributed by atoms with Crippen molar-refractivity contribution in [1.82, 2.24) is 4.72 Å². The highest BCUT2D eigenvalue weighted by molar-refractivity contribution is 7.91. The van der Waals surface area contributed by atoms with Crippen LogP contribution in [-0.2, 0) is 16.6 Å². The zero-order valence-corrected chi connectivity index (χ0v) is 11.4. The lowest BCUT2D eigenvalue weighted by atomic mass is 10.0. The second-order valence-corrected chi connectivity index (χ2v) is 7.14. The average molecular weight is 262 g/mol. The van der Waals surface area contributed by atoms with Gasteiger partial charge in [-0.25, -0.2) is 13.1 Å². The Morgan fingerprint density at radius 1 is 1.50 bits per heavy atom. The summed E-state index contributed by atoms with van der Waals surface area (Å²) < 4.78 is 27.0. The third kappa shape index (κ3) is 3.28. The molecule has 0 aliphatic heterocycles. The summed E-state index contributed by atoms with van der Waals surface area (Å²) in [7, 11) is -3.41. The van der Waals surface area contributed by atoms with Crippen molar-refractivity contribution in [1.29, 1.82) is 0 Å². The molecule has 0 amide bonds. The van der Waals surface area contributed by atoms with Crippen LogP contribution in [-0.4, -0.2) is 14.0 Å². The van der Waals surface area contributed by atoms with Crippen molar-refractivity contribution in [3.63, 3.8) is 0 Å². The van der Waals surface area contributed by atoms with Crippen molar-refractivity contribution in [3.8, 4) is 0 Å². The summed E-state index contributed by atoms with van der Waals surface area (Å²) in [5.41, 5.74) is 5.87. The molecular weight excluding hydrogens is 244 g/mol. The van der Waals surface area contributed by atoms with E-state index in [9.17, 15) is 8.42 Å². The molecule has 0 atom stereocenters. The molecule has 4 nitrogen and oxygen atoms in total. The molecule has 0 unspecified atom stereocenters. The van der Waals surface area contributed by atoms with Crippen molar-refractivity contribution in [3.05, 3.63) is 17.0 Å². The van der Waals surface area contributed by atoms with Gasteiger partial charge in [0.1, 0.15) is 4.21 Å². The fourth-order valence-electron chi connectivity index (χ4n) is 1.09. The predicted molar refractivity (Wildman–Crippen MR) is 66.9 cm³/mol. The van der Waals surface area contributed by atoms with Gasteiger partial charge in [0, 0.05) is 12.1 Å². The van der Waals surface area contributed by atoms with Crippen molar-refractivity contribution >= 4 is 21.4 Å². The third-order valence-corrected chi connectivity index (χ3v) is 5.61. The molecule has 92 valence electrons. The zero-order valence-electron chi connectivity index (χ0n) is 9.78. The molecule has 0 aliphatic rings. The lowest BCUT2D eigenvalue weighted by Gasteiger charge is -2.23. The molecule has 0 radical (unpaired) electrons. The van der Waals surface area contributed by atoms with Crippen LogP contribution in [0.4, 0.5) is 0 Å². The van der Waals surface area contributed by atoms with E-state index < -0.39 is 15.6 Å². The third-order valence-electron chi connectivity index (χ3n) is 2.42. The summed E-state index contributed by atoms with van der Waals surface area (Å²) in [4.78, 5) is 0. The van der Waals surface area contributed by atoms with Gasteiger partial charge in [-0.05, 0) is 37.3 Å². The number of thiophene rings is 1. The van der Waals surface area contributed by atoms with Gasteiger partial charge >= 0.3 is 0 Å². The van der Waals surface area contributed by atoms with Gasteiger partial charge < -0.3 is 5.73 Å². The number of nitrogens with one attached hydrogen (secondary N) is 1. The summed E-state index contributed by atoms with van der Waals surface area (Å²) in [6.45, 7) is 6.04. The van der Waals surface area contributed by atoms with E-state index in [1.54, 1.807) is 11.4 Å². The van der Waals surface area contributed by atoms with Crippen LogP contribution in [0.5, 0.6) is 0 Å². The van der Waals surface area contributed by atoms with E-state index in [0.29, 0.717) is 10.8 Å². The highest BCUT2D eigenvalue weighted by Crippen LogP contribution is 2.22. The number of sulfonamides is 1. The first kappa shape index (κ1) is 13.6.